The molecule has 0 aromatic carbocycles. The zero-order chi connectivity index (χ0) is 45.8. The van der Waals surface area contributed by atoms with Gasteiger partial charge in [0, 0.05) is 19.3 Å². The first-order valence-corrected chi connectivity index (χ1v) is 24.1. The molecular weight excluding hydrogens is 781 g/mol. The Balaban J connectivity index is 4.59. The van der Waals surface area contributed by atoms with Gasteiger partial charge < -0.3 is 14.2 Å². The van der Waals surface area contributed by atoms with Crippen molar-refractivity contribution in [2.45, 2.75) is 168 Å². The molecule has 6 heteroatoms. The van der Waals surface area contributed by atoms with Crippen LogP contribution in [0.1, 0.15) is 162 Å². The van der Waals surface area contributed by atoms with Crippen LogP contribution in [0.2, 0.25) is 0 Å². The molecular formula is C57H84O6. The van der Waals surface area contributed by atoms with Gasteiger partial charge in [-0.05, 0) is 83.5 Å². The van der Waals surface area contributed by atoms with Crippen LogP contribution in [0.25, 0.3) is 0 Å². The van der Waals surface area contributed by atoms with Gasteiger partial charge in [-0.25, -0.2) is 0 Å². The predicted molar refractivity (Wildman–Crippen MR) is 269 cm³/mol. The van der Waals surface area contributed by atoms with Crippen LogP contribution in [-0.4, -0.2) is 37.2 Å². The highest BCUT2D eigenvalue weighted by Gasteiger charge is 2.19. The SMILES string of the molecule is CC\C=C/C=C\C=C/C=C\C=C\C=C/C=C\CCCCCC(=O)OCC(COC(=O)CCC/C=C\C/C=C\C/C=C\CC)OC(=O)CCCCCCCCC\C=C/C=C\C=C/CC. The summed E-state index contributed by atoms with van der Waals surface area (Å²) in [6.45, 7) is 6.10. The average Bonchev–Trinajstić information content (AvgIpc) is 3.28. The molecule has 0 saturated carbocycles. The molecule has 0 heterocycles. The number of carbonyl (C=O) groups excluding carboxylic acids is 3. The molecule has 0 saturated heterocycles. The first-order valence-electron chi connectivity index (χ1n) is 24.1. The maximum atomic E-state index is 12.8. The van der Waals surface area contributed by atoms with Crippen molar-refractivity contribution in [2.75, 3.05) is 13.2 Å². The highest BCUT2D eigenvalue weighted by Crippen LogP contribution is 2.12. The Morgan fingerprint density at radius 2 is 0.667 bits per heavy atom. The van der Waals surface area contributed by atoms with Crippen LogP contribution in [0.4, 0.5) is 0 Å². The van der Waals surface area contributed by atoms with E-state index in [0.717, 1.165) is 89.9 Å². The number of hydrogen-bond donors (Lipinski definition) is 0. The number of rotatable bonds is 40. The zero-order valence-corrected chi connectivity index (χ0v) is 39.5. The lowest BCUT2D eigenvalue weighted by Gasteiger charge is -2.18. The van der Waals surface area contributed by atoms with E-state index in [1.165, 1.54) is 19.3 Å². The molecule has 0 bridgehead atoms. The van der Waals surface area contributed by atoms with Gasteiger partial charge in [-0.1, -0.05) is 217 Å². The topological polar surface area (TPSA) is 78.9 Å². The van der Waals surface area contributed by atoms with Gasteiger partial charge in [-0.15, -0.1) is 0 Å². The van der Waals surface area contributed by atoms with Gasteiger partial charge in [0.2, 0.25) is 0 Å². The quantitative estimate of drug-likeness (QED) is 0.0201. The maximum Gasteiger partial charge on any atom is 0.306 e. The minimum Gasteiger partial charge on any atom is -0.462 e. The summed E-state index contributed by atoms with van der Waals surface area (Å²) in [6, 6.07) is 0. The van der Waals surface area contributed by atoms with Crippen LogP contribution in [0.3, 0.4) is 0 Å². The lowest BCUT2D eigenvalue weighted by molar-refractivity contribution is -0.167. The van der Waals surface area contributed by atoms with Crippen molar-refractivity contribution in [1.82, 2.24) is 0 Å². The summed E-state index contributed by atoms with van der Waals surface area (Å²) in [5, 5.41) is 0. The average molecular weight is 865 g/mol. The summed E-state index contributed by atoms with van der Waals surface area (Å²) >= 11 is 0. The second kappa shape index (κ2) is 49.7. The van der Waals surface area contributed by atoms with Crippen LogP contribution in [0.15, 0.2) is 158 Å². The van der Waals surface area contributed by atoms with E-state index in [1.807, 2.05) is 72.9 Å². The first kappa shape index (κ1) is 58.0. The number of ether oxygens (including phenoxy) is 3. The molecule has 1 unspecified atom stereocenters. The van der Waals surface area contributed by atoms with E-state index in [4.69, 9.17) is 14.2 Å². The van der Waals surface area contributed by atoms with E-state index in [1.54, 1.807) is 0 Å². The molecule has 0 spiro atoms. The number of unbranched alkanes of at least 4 members (excludes halogenated alkanes) is 11. The van der Waals surface area contributed by atoms with E-state index >= 15 is 0 Å². The molecule has 1 atom stereocenters. The second-order valence-electron chi connectivity index (χ2n) is 15.1. The maximum absolute atomic E-state index is 12.8. The van der Waals surface area contributed by atoms with Crippen molar-refractivity contribution < 1.29 is 28.6 Å². The monoisotopic (exact) mass is 865 g/mol. The van der Waals surface area contributed by atoms with Crippen molar-refractivity contribution in [3.8, 4) is 0 Å². The molecule has 0 rings (SSSR count). The van der Waals surface area contributed by atoms with Gasteiger partial charge in [-0.2, -0.15) is 0 Å². The van der Waals surface area contributed by atoms with E-state index < -0.39 is 6.10 Å². The van der Waals surface area contributed by atoms with E-state index in [9.17, 15) is 14.4 Å². The molecule has 0 aliphatic rings. The Bertz CT molecular complexity index is 1510. The molecule has 6 nitrogen and oxygen atoms in total. The first-order chi connectivity index (χ1) is 31.0. The Labute approximate surface area is 384 Å². The summed E-state index contributed by atoms with van der Waals surface area (Å²) in [7, 11) is 0. The van der Waals surface area contributed by atoms with Gasteiger partial charge in [-0.3, -0.25) is 14.4 Å². The molecule has 0 aliphatic heterocycles. The fraction of sp³-hybridized carbons (Fsp3) is 0.491. The Kier molecular flexibility index (Phi) is 45.8. The predicted octanol–water partition coefficient (Wildman–Crippen LogP) is 15.9. The third-order valence-electron chi connectivity index (χ3n) is 9.26. The van der Waals surface area contributed by atoms with Crippen molar-refractivity contribution >= 4 is 17.9 Å². The molecule has 348 valence electrons. The minimum atomic E-state index is -0.831. The smallest absolute Gasteiger partial charge is 0.306 e. The van der Waals surface area contributed by atoms with Gasteiger partial charge >= 0.3 is 17.9 Å². The number of carbonyl (C=O) groups is 3. The summed E-state index contributed by atoms with van der Waals surface area (Å²) in [6.07, 6.45) is 72.3. The number of allylic oxidation sites excluding steroid dienone is 26. The third kappa shape index (κ3) is 47.9. The molecule has 0 amide bonds. The third-order valence-corrected chi connectivity index (χ3v) is 9.26. The van der Waals surface area contributed by atoms with E-state index in [2.05, 4.69) is 106 Å². The summed E-state index contributed by atoms with van der Waals surface area (Å²) in [5.74, 6) is -1.06. The summed E-state index contributed by atoms with van der Waals surface area (Å²) in [5.41, 5.74) is 0. The van der Waals surface area contributed by atoms with Gasteiger partial charge in [0.15, 0.2) is 6.10 Å². The van der Waals surface area contributed by atoms with E-state index in [-0.39, 0.29) is 50.4 Å². The van der Waals surface area contributed by atoms with Crippen LogP contribution in [0.5, 0.6) is 0 Å². The van der Waals surface area contributed by atoms with Crippen molar-refractivity contribution in [3.05, 3.63) is 158 Å². The molecule has 0 N–H and O–H groups in total. The van der Waals surface area contributed by atoms with Gasteiger partial charge in [0.1, 0.15) is 13.2 Å². The zero-order valence-electron chi connectivity index (χ0n) is 39.5. The summed E-state index contributed by atoms with van der Waals surface area (Å²) in [4.78, 5) is 37.9. The second-order valence-corrected chi connectivity index (χ2v) is 15.1. The summed E-state index contributed by atoms with van der Waals surface area (Å²) < 4.78 is 16.6. The fourth-order valence-corrected chi connectivity index (χ4v) is 5.74. The molecule has 0 aromatic heterocycles. The fourth-order valence-electron chi connectivity index (χ4n) is 5.74. The number of esters is 3. The normalized spacial score (nSPS) is 13.5. The highest BCUT2D eigenvalue weighted by atomic mass is 16.6. The standard InChI is InChI=1S/C57H84O6/c1-4-7-10-13-16-19-22-24-26-27-28-29-31-32-35-38-41-44-47-50-56(59)62-53-54(52-61-55(58)49-46-43-40-37-34-21-18-15-12-9-6-3)63-57(60)51-48-45-42-39-36-33-30-25-23-20-17-14-11-8-5-2/h7-14,16-24,26-29,31-32,35,37,40,54H,4-6,15,25,30,33-34,36,38-39,41-53H2,1-3H3/b10-7-,11-8-,12-9-,16-13-,17-14-,21-18-,22-19-,23-20-,26-24-,28-27+,31-29-,35-32-,40-37-. The van der Waals surface area contributed by atoms with Crippen LogP contribution >= 0.6 is 0 Å². The highest BCUT2D eigenvalue weighted by molar-refractivity contribution is 5.71. The van der Waals surface area contributed by atoms with Crippen LogP contribution in [-0.2, 0) is 28.6 Å². The van der Waals surface area contributed by atoms with Crippen LogP contribution < -0.4 is 0 Å². The van der Waals surface area contributed by atoms with Crippen molar-refractivity contribution in [3.63, 3.8) is 0 Å². The molecule has 63 heavy (non-hydrogen) atoms. The molecule has 0 radical (unpaired) electrons. The molecule has 0 aromatic rings. The lowest BCUT2D eigenvalue weighted by Crippen LogP contribution is -2.30. The molecule has 0 fully saturated rings. The van der Waals surface area contributed by atoms with Crippen molar-refractivity contribution in [1.29, 1.82) is 0 Å². The number of hydrogen-bond acceptors (Lipinski definition) is 6. The van der Waals surface area contributed by atoms with E-state index in [0.29, 0.717) is 12.8 Å². The largest absolute Gasteiger partial charge is 0.462 e. The lowest BCUT2D eigenvalue weighted by atomic mass is 10.1. The van der Waals surface area contributed by atoms with Crippen molar-refractivity contribution in [2.24, 2.45) is 0 Å². The Morgan fingerprint density at radius 3 is 1.14 bits per heavy atom. The molecule has 0 aliphatic carbocycles. The Hall–Kier alpha value is -4.97. The van der Waals surface area contributed by atoms with Gasteiger partial charge in [0.05, 0.1) is 0 Å². The minimum absolute atomic E-state index is 0.131. The van der Waals surface area contributed by atoms with Gasteiger partial charge in [0.25, 0.3) is 0 Å². The van der Waals surface area contributed by atoms with Crippen LogP contribution in [0, 0.1) is 0 Å². The Morgan fingerprint density at radius 1 is 0.333 bits per heavy atom.